The maximum absolute atomic E-state index is 9.50. The van der Waals surface area contributed by atoms with Crippen LogP contribution < -0.4 is 0 Å². The molecule has 1 unspecified atom stereocenters. The van der Waals surface area contributed by atoms with Gasteiger partial charge in [0.15, 0.2) is 5.79 Å². The first-order valence-electron chi connectivity index (χ1n) is 4.58. The van der Waals surface area contributed by atoms with Crippen LogP contribution in [0.5, 0.6) is 0 Å². The van der Waals surface area contributed by atoms with E-state index in [1.165, 1.54) is 6.42 Å². The summed E-state index contributed by atoms with van der Waals surface area (Å²) in [7, 11) is 0. The second kappa shape index (κ2) is 3.55. The number of hydrogen-bond acceptors (Lipinski definition) is 2. The van der Waals surface area contributed by atoms with Crippen LogP contribution >= 0.6 is 0 Å². The van der Waals surface area contributed by atoms with Crippen LogP contribution in [0.4, 0.5) is 0 Å². The van der Waals surface area contributed by atoms with E-state index in [9.17, 15) is 10.2 Å². The van der Waals surface area contributed by atoms with Gasteiger partial charge in [0.05, 0.1) is 0 Å². The molecule has 1 rings (SSSR count). The van der Waals surface area contributed by atoms with Gasteiger partial charge in [0.2, 0.25) is 0 Å². The molecule has 0 aromatic heterocycles. The van der Waals surface area contributed by atoms with Crippen LogP contribution in [0.25, 0.3) is 0 Å². The normalized spacial score (nSPS) is 32.5. The molecule has 1 aliphatic rings. The fourth-order valence-corrected chi connectivity index (χ4v) is 1.67. The molecule has 1 aliphatic carbocycles. The number of rotatable bonds is 0. The van der Waals surface area contributed by atoms with Gasteiger partial charge in [0.1, 0.15) is 0 Å². The summed E-state index contributed by atoms with van der Waals surface area (Å²) in [5, 5.41) is 19.0. The first kappa shape index (κ1) is 9.01. The lowest BCUT2D eigenvalue weighted by Crippen LogP contribution is -2.36. The van der Waals surface area contributed by atoms with Crippen molar-refractivity contribution >= 4 is 0 Å². The molecule has 1 atom stereocenters. The highest BCUT2D eigenvalue weighted by Crippen LogP contribution is 2.28. The van der Waals surface area contributed by atoms with Crippen LogP contribution in [0, 0.1) is 5.92 Å². The maximum Gasteiger partial charge on any atom is 0.165 e. The lowest BCUT2D eigenvalue weighted by Gasteiger charge is -2.30. The molecule has 0 spiro atoms. The molecule has 2 heteroatoms. The Hall–Kier alpha value is -0.0800. The predicted octanol–water partition coefficient (Wildman–Crippen LogP) is 1.66. The van der Waals surface area contributed by atoms with E-state index < -0.39 is 5.79 Å². The molecular weight excluding hydrogens is 140 g/mol. The van der Waals surface area contributed by atoms with Crippen molar-refractivity contribution in [3.63, 3.8) is 0 Å². The fraction of sp³-hybridized carbons (Fsp3) is 1.00. The maximum atomic E-state index is 9.50. The molecule has 0 aromatic carbocycles. The summed E-state index contributed by atoms with van der Waals surface area (Å²) in [5.41, 5.74) is 0. The third kappa shape index (κ3) is 2.46. The quantitative estimate of drug-likeness (QED) is 0.526. The van der Waals surface area contributed by atoms with Gasteiger partial charge in [-0.1, -0.05) is 26.2 Å². The number of aliphatic hydroxyl groups is 2. The second-order valence-corrected chi connectivity index (χ2v) is 3.73. The highest BCUT2D eigenvalue weighted by atomic mass is 16.5. The van der Waals surface area contributed by atoms with E-state index in [0.717, 1.165) is 25.7 Å². The largest absolute Gasteiger partial charge is 0.365 e. The van der Waals surface area contributed by atoms with Crippen molar-refractivity contribution in [1.29, 1.82) is 0 Å². The number of hydrogen-bond donors (Lipinski definition) is 2. The van der Waals surface area contributed by atoms with Gasteiger partial charge in [0.25, 0.3) is 0 Å². The Morgan fingerprint density at radius 2 is 1.73 bits per heavy atom. The first-order chi connectivity index (χ1) is 5.13. The van der Waals surface area contributed by atoms with Gasteiger partial charge in [0, 0.05) is 12.3 Å². The van der Waals surface area contributed by atoms with Crippen molar-refractivity contribution in [2.24, 2.45) is 5.92 Å². The Bertz CT molecular complexity index is 121. The Labute approximate surface area is 68.2 Å². The van der Waals surface area contributed by atoms with Crippen molar-refractivity contribution in [1.82, 2.24) is 0 Å². The summed E-state index contributed by atoms with van der Waals surface area (Å²) in [6.07, 6.45) is 6.00. The van der Waals surface area contributed by atoms with Crippen LogP contribution in [-0.4, -0.2) is 16.0 Å². The topological polar surface area (TPSA) is 40.5 Å². The van der Waals surface area contributed by atoms with Gasteiger partial charge in [-0.2, -0.15) is 0 Å². The predicted molar refractivity (Wildman–Crippen MR) is 44.0 cm³/mol. The molecule has 0 bridgehead atoms. The van der Waals surface area contributed by atoms with Gasteiger partial charge in [-0.15, -0.1) is 0 Å². The van der Waals surface area contributed by atoms with Gasteiger partial charge >= 0.3 is 0 Å². The van der Waals surface area contributed by atoms with E-state index >= 15 is 0 Å². The lowest BCUT2D eigenvalue weighted by molar-refractivity contribution is -0.204. The average Bonchev–Trinajstić information content (AvgIpc) is 1.93. The van der Waals surface area contributed by atoms with Crippen LogP contribution in [0.2, 0.25) is 0 Å². The van der Waals surface area contributed by atoms with Crippen molar-refractivity contribution in [2.75, 3.05) is 0 Å². The summed E-state index contributed by atoms with van der Waals surface area (Å²) in [4.78, 5) is 0. The molecule has 2 N–H and O–H groups in total. The van der Waals surface area contributed by atoms with Crippen LogP contribution in [0.15, 0.2) is 0 Å². The fourth-order valence-electron chi connectivity index (χ4n) is 1.67. The summed E-state index contributed by atoms with van der Waals surface area (Å²) < 4.78 is 0. The van der Waals surface area contributed by atoms with Crippen molar-refractivity contribution in [2.45, 2.75) is 51.2 Å². The van der Waals surface area contributed by atoms with Crippen LogP contribution in [0.1, 0.15) is 45.4 Å². The Kier molecular flexibility index (Phi) is 2.90. The molecule has 2 nitrogen and oxygen atoms in total. The molecule has 66 valence electrons. The molecule has 0 aliphatic heterocycles. The Balaban J connectivity index is 2.47. The molecule has 1 saturated carbocycles. The molecule has 0 aromatic rings. The van der Waals surface area contributed by atoms with E-state index in [2.05, 4.69) is 0 Å². The van der Waals surface area contributed by atoms with E-state index in [4.69, 9.17) is 0 Å². The molecule has 1 fully saturated rings. The third-order valence-corrected chi connectivity index (χ3v) is 2.72. The minimum atomic E-state index is -1.39. The standard InChI is InChI=1S/C9H18O2/c1-8-6-4-2-3-5-7-9(8,10)11/h8,10-11H,2-7H2,1H3. The van der Waals surface area contributed by atoms with Crippen molar-refractivity contribution < 1.29 is 10.2 Å². The zero-order chi connectivity index (χ0) is 8.32. The lowest BCUT2D eigenvalue weighted by atomic mass is 9.87. The van der Waals surface area contributed by atoms with Crippen LogP contribution in [0.3, 0.4) is 0 Å². The van der Waals surface area contributed by atoms with Gasteiger partial charge < -0.3 is 10.2 Å². The summed E-state index contributed by atoms with van der Waals surface area (Å²) in [5.74, 6) is -1.34. The molecule has 0 amide bonds. The Morgan fingerprint density at radius 3 is 2.45 bits per heavy atom. The van der Waals surface area contributed by atoms with Gasteiger partial charge in [-0.25, -0.2) is 0 Å². The summed E-state index contributed by atoms with van der Waals surface area (Å²) in [6, 6.07) is 0. The summed E-state index contributed by atoms with van der Waals surface area (Å²) >= 11 is 0. The average molecular weight is 158 g/mol. The first-order valence-corrected chi connectivity index (χ1v) is 4.58. The van der Waals surface area contributed by atoms with Gasteiger partial charge in [-0.05, 0) is 12.8 Å². The molecule has 0 heterocycles. The SMILES string of the molecule is CC1CCCCCCC1(O)O. The van der Waals surface area contributed by atoms with Crippen LogP contribution in [-0.2, 0) is 0 Å². The molecular formula is C9H18O2. The van der Waals surface area contributed by atoms with E-state index in [-0.39, 0.29) is 5.92 Å². The van der Waals surface area contributed by atoms with E-state index in [0.29, 0.717) is 6.42 Å². The van der Waals surface area contributed by atoms with Crippen molar-refractivity contribution in [3.05, 3.63) is 0 Å². The second-order valence-electron chi connectivity index (χ2n) is 3.73. The van der Waals surface area contributed by atoms with Gasteiger partial charge in [-0.3, -0.25) is 0 Å². The minimum absolute atomic E-state index is 0.0443. The molecule has 0 radical (unpaired) electrons. The zero-order valence-electron chi connectivity index (χ0n) is 7.21. The van der Waals surface area contributed by atoms with E-state index in [1.807, 2.05) is 6.92 Å². The monoisotopic (exact) mass is 158 g/mol. The van der Waals surface area contributed by atoms with E-state index in [1.54, 1.807) is 0 Å². The molecule has 0 saturated heterocycles. The zero-order valence-corrected chi connectivity index (χ0v) is 7.21. The van der Waals surface area contributed by atoms with Crippen molar-refractivity contribution in [3.8, 4) is 0 Å². The summed E-state index contributed by atoms with van der Waals surface area (Å²) in [6.45, 7) is 1.92. The smallest absolute Gasteiger partial charge is 0.165 e. The highest BCUT2D eigenvalue weighted by Gasteiger charge is 2.30. The molecule has 11 heavy (non-hydrogen) atoms. The highest BCUT2D eigenvalue weighted by molar-refractivity contribution is 4.74. The third-order valence-electron chi connectivity index (χ3n) is 2.72. The minimum Gasteiger partial charge on any atom is -0.365 e. The Morgan fingerprint density at radius 1 is 1.09 bits per heavy atom.